The average Bonchev–Trinajstić information content (AvgIpc) is 3.32. The Morgan fingerprint density at radius 3 is 2.89 bits per heavy atom. The van der Waals surface area contributed by atoms with Gasteiger partial charge in [-0.25, -0.2) is 9.97 Å². The van der Waals surface area contributed by atoms with E-state index in [2.05, 4.69) is 44.3 Å². The van der Waals surface area contributed by atoms with Crippen molar-refractivity contribution in [3.63, 3.8) is 0 Å². The van der Waals surface area contributed by atoms with Crippen molar-refractivity contribution in [2.45, 2.75) is 19.5 Å². The van der Waals surface area contributed by atoms with Gasteiger partial charge in [-0.3, -0.25) is 4.90 Å². The standard InChI is InChI=1S/C20H25N5OS/c1-3-26-17-6-4-15(5-7-17)20-23-16(14-27-20)13-25-11-8-21-12-18(25)19-22-9-10-24(19)2/h4-7,9-10,14,18,21H,3,8,11-13H2,1-2H3. The third-order valence-corrected chi connectivity index (χ3v) is 5.78. The number of piperazine rings is 1. The summed E-state index contributed by atoms with van der Waals surface area (Å²) in [6.45, 7) is 6.43. The number of benzene rings is 1. The Bertz CT molecular complexity index is 873. The van der Waals surface area contributed by atoms with E-state index in [1.54, 1.807) is 11.3 Å². The van der Waals surface area contributed by atoms with Crippen LogP contribution in [-0.2, 0) is 13.6 Å². The molecule has 0 saturated carbocycles. The Balaban J connectivity index is 1.48. The zero-order valence-electron chi connectivity index (χ0n) is 15.8. The summed E-state index contributed by atoms with van der Waals surface area (Å²) < 4.78 is 7.63. The molecule has 3 aromatic rings. The number of imidazole rings is 1. The number of nitrogens with zero attached hydrogens (tertiary/aromatic N) is 4. The highest BCUT2D eigenvalue weighted by atomic mass is 32.1. The number of thiazole rings is 1. The van der Waals surface area contributed by atoms with Gasteiger partial charge in [-0.05, 0) is 31.2 Å². The maximum absolute atomic E-state index is 5.52. The monoisotopic (exact) mass is 383 g/mol. The van der Waals surface area contributed by atoms with E-state index in [0.717, 1.165) is 54.0 Å². The van der Waals surface area contributed by atoms with Gasteiger partial charge in [0.05, 0.1) is 18.3 Å². The van der Waals surface area contributed by atoms with E-state index in [1.165, 1.54) is 0 Å². The van der Waals surface area contributed by atoms with Gasteiger partial charge in [-0.2, -0.15) is 0 Å². The van der Waals surface area contributed by atoms with Crippen LogP contribution in [0.15, 0.2) is 42.0 Å². The summed E-state index contributed by atoms with van der Waals surface area (Å²) in [7, 11) is 2.06. The van der Waals surface area contributed by atoms with Gasteiger partial charge >= 0.3 is 0 Å². The first-order valence-electron chi connectivity index (χ1n) is 9.34. The molecule has 0 amide bonds. The lowest BCUT2D eigenvalue weighted by Gasteiger charge is -2.35. The number of hydrogen-bond acceptors (Lipinski definition) is 6. The van der Waals surface area contributed by atoms with Crippen LogP contribution in [0.3, 0.4) is 0 Å². The number of hydrogen-bond donors (Lipinski definition) is 1. The van der Waals surface area contributed by atoms with Gasteiger partial charge in [0.2, 0.25) is 0 Å². The van der Waals surface area contributed by atoms with E-state index in [0.29, 0.717) is 6.61 Å². The van der Waals surface area contributed by atoms with E-state index >= 15 is 0 Å². The SMILES string of the molecule is CCOc1ccc(-c2nc(CN3CCNCC3c3nccn3C)cs2)cc1. The van der Waals surface area contributed by atoms with Crippen LogP contribution in [0, 0.1) is 0 Å². The smallest absolute Gasteiger partial charge is 0.127 e. The molecule has 0 radical (unpaired) electrons. The molecule has 7 heteroatoms. The molecule has 27 heavy (non-hydrogen) atoms. The normalized spacial score (nSPS) is 17.9. The van der Waals surface area contributed by atoms with Crippen molar-refractivity contribution < 1.29 is 4.74 Å². The molecule has 1 N–H and O–H groups in total. The van der Waals surface area contributed by atoms with E-state index in [4.69, 9.17) is 9.72 Å². The lowest BCUT2D eigenvalue weighted by atomic mass is 10.1. The highest BCUT2D eigenvalue weighted by molar-refractivity contribution is 7.13. The van der Waals surface area contributed by atoms with Gasteiger partial charge < -0.3 is 14.6 Å². The van der Waals surface area contributed by atoms with Crippen LogP contribution in [0.2, 0.25) is 0 Å². The van der Waals surface area contributed by atoms with Crippen LogP contribution in [-0.4, -0.2) is 45.7 Å². The van der Waals surface area contributed by atoms with Crippen LogP contribution in [0.4, 0.5) is 0 Å². The second kappa shape index (κ2) is 8.21. The zero-order chi connectivity index (χ0) is 18.6. The van der Waals surface area contributed by atoms with Crippen molar-refractivity contribution >= 4 is 11.3 Å². The summed E-state index contributed by atoms with van der Waals surface area (Å²) in [5.74, 6) is 2.00. The average molecular weight is 384 g/mol. The number of aryl methyl sites for hydroxylation is 1. The Kier molecular flexibility index (Phi) is 5.52. The van der Waals surface area contributed by atoms with Crippen molar-refractivity contribution in [3.8, 4) is 16.3 Å². The first-order valence-corrected chi connectivity index (χ1v) is 10.2. The Morgan fingerprint density at radius 1 is 1.30 bits per heavy atom. The van der Waals surface area contributed by atoms with Crippen molar-refractivity contribution in [2.75, 3.05) is 26.2 Å². The third kappa shape index (κ3) is 4.05. The minimum Gasteiger partial charge on any atom is -0.494 e. The van der Waals surface area contributed by atoms with Crippen molar-refractivity contribution in [1.29, 1.82) is 0 Å². The first-order chi connectivity index (χ1) is 13.2. The van der Waals surface area contributed by atoms with E-state index in [9.17, 15) is 0 Å². The molecule has 3 heterocycles. The Hall–Kier alpha value is -2.22. The molecular weight excluding hydrogens is 358 g/mol. The third-order valence-electron chi connectivity index (χ3n) is 4.84. The van der Waals surface area contributed by atoms with E-state index in [-0.39, 0.29) is 6.04 Å². The van der Waals surface area contributed by atoms with Gasteiger partial charge in [-0.1, -0.05) is 0 Å². The van der Waals surface area contributed by atoms with Crippen molar-refractivity contribution in [3.05, 3.63) is 53.6 Å². The second-order valence-electron chi connectivity index (χ2n) is 6.69. The molecular formula is C20H25N5OS. The lowest BCUT2D eigenvalue weighted by molar-refractivity contribution is 0.143. The van der Waals surface area contributed by atoms with Gasteiger partial charge in [0, 0.05) is 56.6 Å². The summed E-state index contributed by atoms with van der Waals surface area (Å²) in [4.78, 5) is 11.9. The van der Waals surface area contributed by atoms with Crippen LogP contribution in [0.1, 0.15) is 24.5 Å². The number of ether oxygens (including phenoxy) is 1. The molecule has 1 aromatic carbocycles. The molecule has 0 bridgehead atoms. The highest BCUT2D eigenvalue weighted by Crippen LogP contribution is 2.28. The molecule has 1 aliphatic rings. The number of rotatable bonds is 6. The van der Waals surface area contributed by atoms with Crippen LogP contribution >= 0.6 is 11.3 Å². The maximum atomic E-state index is 5.52. The molecule has 1 fully saturated rings. The van der Waals surface area contributed by atoms with E-state index in [1.807, 2.05) is 31.5 Å². The first kappa shape index (κ1) is 18.2. The molecule has 1 aliphatic heterocycles. The fourth-order valence-electron chi connectivity index (χ4n) is 3.47. The molecule has 6 nitrogen and oxygen atoms in total. The fraction of sp³-hybridized carbons (Fsp3) is 0.400. The summed E-state index contributed by atoms with van der Waals surface area (Å²) in [6, 6.07) is 8.44. The number of nitrogens with one attached hydrogen (secondary N) is 1. The molecule has 4 rings (SSSR count). The van der Waals surface area contributed by atoms with Gasteiger partial charge in [0.25, 0.3) is 0 Å². The van der Waals surface area contributed by atoms with Gasteiger partial charge in [0.1, 0.15) is 16.6 Å². The summed E-state index contributed by atoms with van der Waals surface area (Å²) in [6.07, 6.45) is 3.88. The topological polar surface area (TPSA) is 55.2 Å². The molecule has 0 spiro atoms. The van der Waals surface area contributed by atoms with Gasteiger partial charge in [-0.15, -0.1) is 11.3 Å². The predicted molar refractivity (Wildman–Crippen MR) is 108 cm³/mol. The lowest BCUT2D eigenvalue weighted by Crippen LogP contribution is -2.46. The molecule has 0 aliphatic carbocycles. The molecule has 1 atom stereocenters. The Labute approximate surface area is 163 Å². The second-order valence-corrected chi connectivity index (χ2v) is 7.55. The minimum atomic E-state index is 0.273. The maximum Gasteiger partial charge on any atom is 0.127 e. The van der Waals surface area contributed by atoms with Crippen molar-refractivity contribution in [1.82, 2.24) is 24.8 Å². The summed E-state index contributed by atoms with van der Waals surface area (Å²) in [5, 5.41) is 6.71. The van der Waals surface area contributed by atoms with Gasteiger partial charge in [0.15, 0.2) is 0 Å². The minimum absolute atomic E-state index is 0.273. The summed E-state index contributed by atoms with van der Waals surface area (Å²) >= 11 is 1.70. The largest absolute Gasteiger partial charge is 0.494 e. The predicted octanol–water partition coefficient (Wildman–Crippen LogP) is 3.09. The molecule has 1 unspecified atom stereocenters. The molecule has 1 saturated heterocycles. The fourth-order valence-corrected chi connectivity index (χ4v) is 4.29. The van der Waals surface area contributed by atoms with E-state index < -0.39 is 0 Å². The summed E-state index contributed by atoms with van der Waals surface area (Å²) in [5.41, 5.74) is 2.25. The van der Waals surface area contributed by atoms with Crippen LogP contribution < -0.4 is 10.1 Å². The highest BCUT2D eigenvalue weighted by Gasteiger charge is 2.27. The van der Waals surface area contributed by atoms with Crippen LogP contribution in [0.25, 0.3) is 10.6 Å². The Morgan fingerprint density at radius 2 is 2.15 bits per heavy atom. The van der Waals surface area contributed by atoms with Crippen LogP contribution in [0.5, 0.6) is 5.75 Å². The number of aromatic nitrogens is 3. The zero-order valence-corrected chi connectivity index (χ0v) is 16.6. The molecule has 2 aromatic heterocycles. The van der Waals surface area contributed by atoms with Crippen molar-refractivity contribution in [2.24, 2.45) is 7.05 Å². The quantitative estimate of drug-likeness (QED) is 0.709. The molecule has 142 valence electrons.